The maximum atomic E-state index is 3.39. The number of hydrogen-bond donors (Lipinski definition) is 1. The van der Waals surface area contributed by atoms with E-state index in [4.69, 9.17) is 0 Å². The van der Waals surface area contributed by atoms with Crippen LogP contribution in [0.1, 0.15) is 43.4 Å². The molecule has 3 aromatic rings. The molecule has 0 aliphatic heterocycles. The Kier molecular flexibility index (Phi) is 7.04. The van der Waals surface area contributed by atoms with E-state index in [9.17, 15) is 0 Å². The first-order valence-corrected chi connectivity index (χ1v) is 10.8. The number of benzene rings is 3. The third-order valence-electron chi connectivity index (χ3n) is 5.78. The maximum absolute atomic E-state index is 3.39. The molecule has 0 radical (unpaired) electrons. The minimum atomic E-state index is 0.204. The van der Waals surface area contributed by atoms with Crippen molar-refractivity contribution in [2.75, 3.05) is 42.8 Å². The lowest BCUT2D eigenvalue weighted by molar-refractivity contribution is 0.754. The second kappa shape index (κ2) is 9.71. The summed E-state index contributed by atoms with van der Waals surface area (Å²) in [6, 6.07) is 27.3. The summed E-state index contributed by atoms with van der Waals surface area (Å²) in [5, 5.41) is 3.39. The van der Waals surface area contributed by atoms with Gasteiger partial charge in [0.25, 0.3) is 0 Å². The van der Waals surface area contributed by atoms with Crippen molar-refractivity contribution < 1.29 is 0 Å². The first-order valence-electron chi connectivity index (χ1n) is 10.8. The molecule has 3 aromatic carbocycles. The number of anilines is 3. The summed E-state index contributed by atoms with van der Waals surface area (Å²) in [7, 11) is 6.31. The monoisotopic (exact) mass is 401 g/mol. The lowest BCUT2D eigenvalue weighted by Gasteiger charge is -2.25. The van der Waals surface area contributed by atoms with Crippen molar-refractivity contribution in [1.82, 2.24) is 0 Å². The van der Waals surface area contributed by atoms with Crippen molar-refractivity contribution in [2.45, 2.75) is 32.7 Å². The first kappa shape index (κ1) is 21.8. The van der Waals surface area contributed by atoms with E-state index in [0.29, 0.717) is 6.04 Å². The first-order chi connectivity index (χ1) is 14.4. The van der Waals surface area contributed by atoms with Crippen LogP contribution >= 0.6 is 0 Å². The Bertz CT molecular complexity index is 910. The van der Waals surface area contributed by atoms with Crippen LogP contribution in [-0.4, -0.2) is 33.7 Å². The van der Waals surface area contributed by atoms with Gasteiger partial charge in [-0.05, 0) is 73.9 Å². The lowest BCUT2D eigenvalue weighted by atomic mass is 9.85. The fourth-order valence-corrected chi connectivity index (χ4v) is 3.74. The Morgan fingerprint density at radius 1 is 0.667 bits per heavy atom. The highest BCUT2D eigenvalue weighted by molar-refractivity contribution is 5.55. The molecule has 0 aliphatic rings. The predicted octanol–water partition coefficient (Wildman–Crippen LogP) is 6.21. The van der Waals surface area contributed by atoms with Gasteiger partial charge in [0.2, 0.25) is 0 Å². The summed E-state index contributed by atoms with van der Waals surface area (Å²) in [6.07, 6.45) is 0. The number of rotatable bonds is 8. The number of hydrogen-bond acceptors (Lipinski definition) is 3. The van der Waals surface area contributed by atoms with Gasteiger partial charge < -0.3 is 15.1 Å². The Morgan fingerprint density at radius 3 is 1.50 bits per heavy atom. The summed E-state index contributed by atoms with van der Waals surface area (Å²) >= 11 is 0. The smallest absolute Gasteiger partial charge is 0.0366 e. The highest BCUT2D eigenvalue weighted by Gasteiger charge is 2.18. The second-order valence-corrected chi connectivity index (χ2v) is 8.37. The molecule has 0 fully saturated rings. The van der Waals surface area contributed by atoms with Crippen molar-refractivity contribution in [2.24, 2.45) is 0 Å². The molecule has 0 aliphatic carbocycles. The Hall–Kier alpha value is -2.94. The van der Waals surface area contributed by atoms with Crippen molar-refractivity contribution >= 4 is 17.1 Å². The van der Waals surface area contributed by atoms with E-state index >= 15 is 0 Å². The minimum absolute atomic E-state index is 0.204. The van der Waals surface area contributed by atoms with Gasteiger partial charge in [0.1, 0.15) is 0 Å². The van der Waals surface area contributed by atoms with Gasteiger partial charge >= 0.3 is 0 Å². The molecule has 1 unspecified atom stereocenters. The van der Waals surface area contributed by atoms with E-state index in [1.54, 1.807) is 0 Å². The second-order valence-electron chi connectivity index (χ2n) is 8.37. The van der Waals surface area contributed by atoms with Gasteiger partial charge in [0.15, 0.2) is 0 Å². The van der Waals surface area contributed by atoms with Gasteiger partial charge in [0, 0.05) is 56.7 Å². The van der Waals surface area contributed by atoms with Crippen LogP contribution in [0.15, 0.2) is 72.8 Å². The van der Waals surface area contributed by atoms with Crippen LogP contribution in [0.5, 0.6) is 0 Å². The normalized spacial score (nSPS) is 12.0. The van der Waals surface area contributed by atoms with E-state index in [1.807, 2.05) is 0 Å². The summed E-state index contributed by atoms with van der Waals surface area (Å²) in [5.74, 6) is 0.204. The number of nitrogens with zero attached hydrogens (tertiary/aromatic N) is 2. The molecule has 0 saturated heterocycles. The fourth-order valence-electron chi connectivity index (χ4n) is 3.74. The van der Waals surface area contributed by atoms with E-state index in [1.165, 1.54) is 28.1 Å². The molecule has 158 valence electrons. The van der Waals surface area contributed by atoms with Crippen molar-refractivity contribution in [3.05, 3.63) is 89.5 Å². The molecule has 30 heavy (non-hydrogen) atoms. The van der Waals surface area contributed by atoms with Gasteiger partial charge in [-0.15, -0.1) is 0 Å². The highest BCUT2D eigenvalue weighted by Crippen LogP contribution is 2.34. The van der Waals surface area contributed by atoms with Crippen LogP contribution in [0.4, 0.5) is 17.1 Å². The minimum Gasteiger partial charge on any atom is -0.385 e. The van der Waals surface area contributed by atoms with Gasteiger partial charge in [-0.3, -0.25) is 0 Å². The highest BCUT2D eigenvalue weighted by atomic mass is 15.1. The molecule has 0 amide bonds. The van der Waals surface area contributed by atoms with Gasteiger partial charge in [-0.25, -0.2) is 0 Å². The average molecular weight is 402 g/mol. The molecule has 0 heterocycles. The summed E-state index contributed by atoms with van der Waals surface area (Å²) < 4.78 is 0. The molecular weight excluding hydrogens is 366 g/mol. The van der Waals surface area contributed by atoms with Gasteiger partial charge in [0.05, 0.1) is 0 Å². The average Bonchev–Trinajstić information content (AvgIpc) is 2.75. The van der Waals surface area contributed by atoms with E-state index in [-0.39, 0.29) is 5.92 Å². The molecule has 3 nitrogen and oxygen atoms in total. The van der Waals surface area contributed by atoms with Gasteiger partial charge in [-0.1, -0.05) is 36.4 Å². The summed E-state index contributed by atoms with van der Waals surface area (Å²) in [5.41, 5.74) is 7.55. The van der Waals surface area contributed by atoms with Crippen molar-refractivity contribution in [3.8, 4) is 0 Å². The predicted molar refractivity (Wildman–Crippen MR) is 132 cm³/mol. The molecule has 0 saturated carbocycles. The molecule has 0 bridgehead atoms. The van der Waals surface area contributed by atoms with E-state index in [2.05, 4.69) is 130 Å². The van der Waals surface area contributed by atoms with Crippen molar-refractivity contribution in [3.63, 3.8) is 0 Å². The Balaban J connectivity index is 2.00. The topological polar surface area (TPSA) is 18.5 Å². The third kappa shape index (κ3) is 4.96. The zero-order chi connectivity index (χ0) is 21.7. The van der Waals surface area contributed by atoms with Crippen LogP contribution < -0.4 is 15.1 Å². The van der Waals surface area contributed by atoms with Crippen LogP contribution in [-0.2, 0) is 0 Å². The lowest BCUT2D eigenvalue weighted by Crippen LogP contribution is -2.25. The fraction of sp³-hybridized carbons (Fsp3) is 0.333. The maximum Gasteiger partial charge on any atom is 0.0366 e. The molecule has 3 rings (SSSR count). The Morgan fingerprint density at radius 2 is 1.10 bits per heavy atom. The largest absolute Gasteiger partial charge is 0.385 e. The molecule has 1 atom stereocenters. The third-order valence-corrected chi connectivity index (χ3v) is 5.78. The van der Waals surface area contributed by atoms with Crippen molar-refractivity contribution in [1.29, 1.82) is 0 Å². The van der Waals surface area contributed by atoms with E-state index in [0.717, 1.165) is 12.2 Å². The molecule has 0 aromatic heterocycles. The standard InChI is InChI=1S/C27H35N3/c1-7-28-24-14-8-21(9-15-24)27(22-10-16-25(17-11-22)29(4)5)23-12-18-26(19-13-23)30(6)20(2)3/h8-20,27-28H,7H2,1-6H3. The van der Waals surface area contributed by atoms with Crippen LogP contribution in [0.2, 0.25) is 0 Å². The summed E-state index contributed by atoms with van der Waals surface area (Å²) in [6.45, 7) is 7.49. The zero-order valence-corrected chi connectivity index (χ0v) is 19.2. The van der Waals surface area contributed by atoms with Crippen LogP contribution in [0, 0.1) is 0 Å². The van der Waals surface area contributed by atoms with Gasteiger partial charge in [-0.2, -0.15) is 0 Å². The van der Waals surface area contributed by atoms with E-state index < -0.39 is 0 Å². The SMILES string of the molecule is CCNc1ccc(C(c2ccc(N(C)C)cc2)c2ccc(N(C)C(C)C)cc2)cc1. The zero-order valence-electron chi connectivity index (χ0n) is 19.2. The Labute approximate surface area is 182 Å². The quantitative estimate of drug-likeness (QED) is 0.453. The molecular formula is C27H35N3. The number of nitrogens with one attached hydrogen (secondary N) is 1. The molecule has 1 N–H and O–H groups in total. The summed E-state index contributed by atoms with van der Waals surface area (Å²) in [4.78, 5) is 4.44. The molecule has 0 spiro atoms. The van der Waals surface area contributed by atoms with Crippen LogP contribution in [0.3, 0.4) is 0 Å². The molecule has 3 heteroatoms. The van der Waals surface area contributed by atoms with Crippen LogP contribution in [0.25, 0.3) is 0 Å².